The van der Waals surface area contributed by atoms with E-state index < -0.39 is 0 Å². The standard InChI is InChI=1S/C23H29ClN2O2/c1-2-3-13-26-14-11-20(12-15-26)25-23(27)17-28-22-10-9-19(16-21(22)24)18-7-5-4-6-8-18/h4-10,16,20H,2-3,11-15,17H2,1H3,(H,25,27). The van der Waals surface area contributed by atoms with Gasteiger partial charge in [-0.15, -0.1) is 0 Å². The lowest BCUT2D eigenvalue weighted by molar-refractivity contribution is -0.124. The van der Waals surface area contributed by atoms with Crippen LogP contribution in [0.4, 0.5) is 0 Å². The van der Waals surface area contributed by atoms with E-state index in [-0.39, 0.29) is 18.6 Å². The number of piperidine rings is 1. The first-order valence-corrected chi connectivity index (χ1v) is 10.5. The molecule has 2 aromatic rings. The summed E-state index contributed by atoms with van der Waals surface area (Å²) in [5, 5.41) is 3.60. The quantitative estimate of drug-likeness (QED) is 0.694. The zero-order valence-electron chi connectivity index (χ0n) is 16.5. The third-order valence-corrected chi connectivity index (χ3v) is 5.47. The first kappa shape index (κ1) is 20.7. The lowest BCUT2D eigenvalue weighted by Crippen LogP contribution is -2.46. The van der Waals surface area contributed by atoms with Crippen LogP contribution in [0.1, 0.15) is 32.6 Å². The highest BCUT2D eigenvalue weighted by Gasteiger charge is 2.20. The molecule has 1 N–H and O–H groups in total. The number of carbonyl (C=O) groups excluding carboxylic acids is 1. The van der Waals surface area contributed by atoms with E-state index in [1.807, 2.05) is 48.5 Å². The van der Waals surface area contributed by atoms with Crippen molar-refractivity contribution in [3.8, 4) is 16.9 Å². The van der Waals surface area contributed by atoms with Crippen LogP contribution in [-0.2, 0) is 4.79 Å². The summed E-state index contributed by atoms with van der Waals surface area (Å²) in [5.74, 6) is 0.445. The molecule has 1 fully saturated rings. The van der Waals surface area contributed by atoms with Crippen LogP contribution in [0.5, 0.6) is 5.75 Å². The van der Waals surface area contributed by atoms with E-state index in [1.54, 1.807) is 0 Å². The molecule has 5 heteroatoms. The van der Waals surface area contributed by atoms with Gasteiger partial charge in [0.2, 0.25) is 0 Å². The van der Waals surface area contributed by atoms with Gasteiger partial charge in [0.1, 0.15) is 5.75 Å². The molecule has 0 atom stereocenters. The van der Waals surface area contributed by atoms with Gasteiger partial charge in [-0.3, -0.25) is 4.79 Å². The van der Waals surface area contributed by atoms with E-state index in [9.17, 15) is 4.79 Å². The molecule has 0 unspecified atom stereocenters. The molecule has 1 aliphatic heterocycles. The van der Waals surface area contributed by atoms with Crippen molar-refractivity contribution in [2.75, 3.05) is 26.2 Å². The van der Waals surface area contributed by atoms with Crippen molar-refractivity contribution in [3.05, 3.63) is 53.6 Å². The molecular formula is C23H29ClN2O2. The second-order valence-corrected chi connectivity index (χ2v) is 7.74. The van der Waals surface area contributed by atoms with Crippen molar-refractivity contribution in [2.45, 2.75) is 38.6 Å². The number of hydrogen-bond acceptors (Lipinski definition) is 3. The summed E-state index contributed by atoms with van der Waals surface area (Å²) in [6, 6.07) is 15.9. The normalized spacial score (nSPS) is 15.4. The van der Waals surface area contributed by atoms with E-state index in [4.69, 9.17) is 16.3 Å². The molecule has 28 heavy (non-hydrogen) atoms. The van der Waals surface area contributed by atoms with E-state index in [0.717, 1.165) is 43.6 Å². The van der Waals surface area contributed by atoms with Crippen molar-refractivity contribution in [1.82, 2.24) is 10.2 Å². The zero-order valence-corrected chi connectivity index (χ0v) is 17.3. The maximum atomic E-state index is 12.2. The highest BCUT2D eigenvalue weighted by Crippen LogP contribution is 2.30. The molecule has 0 spiro atoms. The van der Waals surface area contributed by atoms with E-state index in [0.29, 0.717) is 10.8 Å². The molecule has 0 aromatic heterocycles. The molecule has 1 aliphatic rings. The Hall–Kier alpha value is -2.04. The average molecular weight is 401 g/mol. The Morgan fingerprint density at radius 3 is 2.57 bits per heavy atom. The largest absolute Gasteiger partial charge is 0.482 e. The predicted molar refractivity (Wildman–Crippen MR) is 115 cm³/mol. The third-order valence-electron chi connectivity index (χ3n) is 5.18. The van der Waals surface area contributed by atoms with Gasteiger partial charge in [-0.25, -0.2) is 0 Å². The van der Waals surface area contributed by atoms with Crippen molar-refractivity contribution >= 4 is 17.5 Å². The number of carbonyl (C=O) groups is 1. The van der Waals surface area contributed by atoms with Gasteiger partial charge in [0, 0.05) is 19.1 Å². The summed E-state index contributed by atoms with van der Waals surface area (Å²) in [6.07, 6.45) is 4.47. The molecule has 2 aromatic carbocycles. The summed E-state index contributed by atoms with van der Waals surface area (Å²) in [4.78, 5) is 14.7. The highest BCUT2D eigenvalue weighted by molar-refractivity contribution is 6.32. The number of rotatable bonds is 8. The molecule has 1 heterocycles. The Labute approximate surface area is 172 Å². The molecule has 150 valence electrons. The minimum Gasteiger partial charge on any atom is -0.482 e. The van der Waals surface area contributed by atoms with Crippen molar-refractivity contribution in [1.29, 1.82) is 0 Å². The minimum absolute atomic E-state index is 0.0134. The number of unbranched alkanes of at least 4 members (excludes halogenated alkanes) is 1. The van der Waals surface area contributed by atoms with Crippen LogP contribution < -0.4 is 10.1 Å². The van der Waals surface area contributed by atoms with E-state index in [2.05, 4.69) is 17.1 Å². The van der Waals surface area contributed by atoms with Crippen LogP contribution >= 0.6 is 11.6 Å². The van der Waals surface area contributed by atoms with Crippen molar-refractivity contribution in [3.63, 3.8) is 0 Å². The number of amides is 1. The van der Waals surface area contributed by atoms with Gasteiger partial charge in [0.25, 0.3) is 5.91 Å². The van der Waals surface area contributed by atoms with Crippen LogP contribution in [0.25, 0.3) is 11.1 Å². The first-order chi connectivity index (χ1) is 13.7. The van der Waals surface area contributed by atoms with Gasteiger partial charge < -0.3 is 15.0 Å². The lowest BCUT2D eigenvalue weighted by Gasteiger charge is -2.32. The molecule has 0 aliphatic carbocycles. The monoisotopic (exact) mass is 400 g/mol. The molecule has 3 rings (SSSR count). The van der Waals surface area contributed by atoms with Crippen molar-refractivity contribution < 1.29 is 9.53 Å². The SMILES string of the molecule is CCCCN1CCC(NC(=O)COc2ccc(-c3ccccc3)cc2Cl)CC1. The van der Waals surface area contributed by atoms with Gasteiger partial charge in [-0.1, -0.05) is 61.3 Å². The van der Waals surface area contributed by atoms with Crippen LogP contribution in [-0.4, -0.2) is 43.1 Å². The van der Waals surface area contributed by atoms with E-state index >= 15 is 0 Å². The van der Waals surface area contributed by atoms with Gasteiger partial charge in [-0.05, 0) is 49.1 Å². The predicted octanol–water partition coefficient (Wildman–Crippen LogP) is 4.77. The molecule has 0 bridgehead atoms. The summed E-state index contributed by atoms with van der Waals surface area (Å²) >= 11 is 6.35. The third kappa shape index (κ3) is 5.98. The minimum atomic E-state index is -0.0878. The number of ether oxygens (including phenoxy) is 1. The van der Waals surface area contributed by atoms with Crippen LogP contribution in [0.15, 0.2) is 48.5 Å². The fraction of sp³-hybridized carbons (Fsp3) is 0.435. The summed E-state index contributed by atoms with van der Waals surface area (Å²) in [6.45, 7) is 5.48. The Morgan fingerprint density at radius 1 is 1.14 bits per heavy atom. The Kier molecular flexibility index (Phi) is 7.75. The smallest absolute Gasteiger partial charge is 0.258 e. The van der Waals surface area contributed by atoms with Crippen LogP contribution in [0.3, 0.4) is 0 Å². The number of likely N-dealkylation sites (tertiary alicyclic amines) is 1. The molecule has 1 saturated heterocycles. The summed E-state index contributed by atoms with van der Waals surface area (Å²) < 4.78 is 5.65. The van der Waals surface area contributed by atoms with E-state index in [1.165, 1.54) is 12.8 Å². The van der Waals surface area contributed by atoms with Gasteiger partial charge in [0.15, 0.2) is 6.61 Å². The zero-order chi connectivity index (χ0) is 19.8. The Morgan fingerprint density at radius 2 is 1.89 bits per heavy atom. The number of benzene rings is 2. The molecule has 4 nitrogen and oxygen atoms in total. The first-order valence-electron chi connectivity index (χ1n) is 10.1. The average Bonchev–Trinajstić information content (AvgIpc) is 2.73. The van der Waals surface area contributed by atoms with Crippen molar-refractivity contribution in [2.24, 2.45) is 0 Å². The fourth-order valence-corrected chi connectivity index (χ4v) is 3.76. The molecule has 1 amide bonds. The number of nitrogens with zero attached hydrogens (tertiary/aromatic N) is 1. The van der Waals surface area contributed by atoms with Gasteiger partial charge in [0.05, 0.1) is 5.02 Å². The number of halogens is 1. The Balaban J connectivity index is 1.45. The van der Waals surface area contributed by atoms with Gasteiger partial charge >= 0.3 is 0 Å². The second kappa shape index (κ2) is 10.5. The summed E-state index contributed by atoms with van der Waals surface area (Å²) in [5.41, 5.74) is 2.12. The highest BCUT2D eigenvalue weighted by atomic mass is 35.5. The van der Waals surface area contributed by atoms with Crippen LogP contribution in [0, 0.1) is 0 Å². The number of hydrogen-bond donors (Lipinski definition) is 1. The molecule has 0 radical (unpaired) electrons. The maximum Gasteiger partial charge on any atom is 0.258 e. The fourth-order valence-electron chi connectivity index (χ4n) is 3.52. The molecular weight excluding hydrogens is 372 g/mol. The van der Waals surface area contributed by atoms with Gasteiger partial charge in [-0.2, -0.15) is 0 Å². The molecule has 0 saturated carbocycles. The summed E-state index contributed by atoms with van der Waals surface area (Å²) in [7, 11) is 0. The number of nitrogens with one attached hydrogen (secondary N) is 1. The lowest BCUT2D eigenvalue weighted by atomic mass is 10.0. The Bertz CT molecular complexity index is 758. The van der Waals surface area contributed by atoms with Crippen LogP contribution in [0.2, 0.25) is 5.02 Å². The topological polar surface area (TPSA) is 41.6 Å². The maximum absolute atomic E-state index is 12.2. The second-order valence-electron chi connectivity index (χ2n) is 7.34.